The minimum absolute atomic E-state index is 0.00487. The van der Waals surface area contributed by atoms with Crippen LogP contribution in [0.5, 0.6) is 0 Å². The molecule has 0 aromatic rings. The van der Waals surface area contributed by atoms with Crippen molar-refractivity contribution in [1.29, 1.82) is 0 Å². The third-order valence-corrected chi connectivity index (χ3v) is 3.43. The molecule has 2 N–H and O–H groups in total. The Labute approximate surface area is 109 Å². The van der Waals surface area contributed by atoms with Gasteiger partial charge in [0.1, 0.15) is 0 Å². The maximum absolute atomic E-state index is 11.7. The Hall–Kier alpha value is -1.10. The predicted molar refractivity (Wildman–Crippen MR) is 69.2 cm³/mol. The van der Waals surface area contributed by atoms with E-state index in [0.717, 1.165) is 6.54 Å². The number of carbonyl (C=O) groups excluding carboxylic acids is 1. The van der Waals surface area contributed by atoms with Crippen LogP contribution in [0.15, 0.2) is 0 Å². The topological polar surface area (TPSA) is 69.6 Å². The van der Waals surface area contributed by atoms with Crippen molar-refractivity contribution in [2.45, 2.75) is 46.2 Å². The molecule has 0 radical (unpaired) electrons. The molecule has 0 spiro atoms. The van der Waals surface area contributed by atoms with E-state index in [1.54, 1.807) is 0 Å². The van der Waals surface area contributed by atoms with E-state index in [9.17, 15) is 9.59 Å². The van der Waals surface area contributed by atoms with Gasteiger partial charge in [-0.2, -0.15) is 0 Å². The van der Waals surface area contributed by atoms with Crippen LogP contribution in [0.1, 0.15) is 34.1 Å². The quantitative estimate of drug-likeness (QED) is 0.785. The van der Waals surface area contributed by atoms with Gasteiger partial charge in [0.05, 0.1) is 5.92 Å². The van der Waals surface area contributed by atoms with Crippen molar-refractivity contribution in [1.82, 2.24) is 10.2 Å². The largest absolute Gasteiger partial charge is 0.481 e. The number of aliphatic carboxylic acids is 1. The van der Waals surface area contributed by atoms with Crippen LogP contribution in [0, 0.1) is 11.8 Å². The summed E-state index contributed by atoms with van der Waals surface area (Å²) in [5.74, 6) is -1.24. The molecule has 5 heteroatoms. The van der Waals surface area contributed by atoms with Crippen molar-refractivity contribution < 1.29 is 14.7 Å². The van der Waals surface area contributed by atoms with Crippen LogP contribution in [0.25, 0.3) is 0 Å². The first-order valence-corrected chi connectivity index (χ1v) is 6.58. The molecule has 1 fully saturated rings. The molecule has 1 aliphatic rings. The number of carbonyl (C=O) groups is 2. The molecule has 0 saturated carbocycles. The highest BCUT2D eigenvalue weighted by molar-refractivity contribution is 5.78. The van der Waals surface area contributed by atoms with E-state index in [4.69, 9.17) is 5.11 Å². The third-order valence-electron chi connectivity index (χ3n) is 3.43. The summed E-state index contributed by atoms with van der Waals surface area (Å²) >= 11 is 0. The van der Waals surface area contributed by atoms with E-state index in [1.807, 2.05) is 27.7 Å². The van der Waals surface area contributed by atoms with Crippen LogP contribution in [0.3, 0.4) is 0 Å². The van der Waals surface area contributed by atoms with Crippen LogP contribution in [0.4, 0.5) is 0 Å². The van der Waals surface area contributed by atoms with E-state index in [0.29, 0.717) is 19.0 Å². The Morgan fingerprint density at radius 2 is 1.83 bits per heavy atom. The standard InChI is InChI=1S/C13H24N2O3/c1-8(2)12(16)14-11-5-10(13(17)18)6-15(7-11)9(3)4/h8-11H,5-7H2,1-4H3,(H,14,16)(H,17,18). The van der Waals surface area contributed by atoms with E-state index >= 15 is 0 Å². The van der Waals surface area contributed by atoms with Gasteiger partial charge >= 0.3 is 5.97 Å². The molecule has 1 amide bonds. The molecule has 18 heavy (non-hydrogen) atoms. The number of nitrogens with one attached hydrogen (secondary N) is 1. The summed E-state index contributed by atoms with van der Waals surface area (Å²) in [4.78, 5) is 25.0. The highest BCUT2D eigenvalue weighted by Gasteiger charge is 2.33. The van der Waals surface area contributed by atoms with Crippen LogP contribution in [-0.4, -0.2) is 47.1 Å². The summed E-state index contributed by atoms with van der Waals surface area (Å²) in [6.45, 7) is 9.08. The average Bonchev–Trinajstić information content (AvgIpc) is 2.28. The third kappa shape index (κ3) is 3.98. The summed E-state index contributed by atoms with van der Waals surface area (Å²) < 4.78 is 0. The smallest absolute Gasteiger partial charge is 0.307 e. The summed E-state index contributed by atoms with van der Waals surface area (Å²) in [7, 11) is 0. The normalized spacial score (nSPS) is 25.4. The molecule has 5 nitrogen and oxygen atoms in total. The number of piperidine rings is 1. The zero-order chi connectivity index (χ0) is 13.9. The van der Waals surface area contributed by atoms with Crippen molar-refractivity contribution in [2.24, 2.45) is 11.8 Å². The molecule has 0 aliphatic carbocycles. The van der Waals surface area contributed by atoms with E-state index in [2.05, 4.69) is 10.2 Å². The molecule has 0 aromatic carbocycles. The van der Waals surface area contributed by atoms with Crippen molar-refractivity contribution >= 4 is 11.9 Å². The van der Waals surface area contributed by atoms with Gasteiger partial charge in [-0.1, -0.05) is 13.8 Å². The van der Waals surface area contributed by atoms with Crippen molar-refractivity contribution in [2.75, 3.05) is 13.1 Å². The number of rotatable bonds is 4. The molecular weight excluding hydrogens is 232 g/mol. The van der Waals surface area contributed by atoms with Gasteiger partial charge in [0.15, 0.2) is 0 Å². The maximum atomic E-state index is 11.7. The molecular formula is C13H24N2O3. The van der Waals surface area contributed by atoms with Gasteiger partial charge in [-0.25, -0.2) is 0 Å². The van der Waals surface area contributed by atoms with Gasteiger partial charge in [0, 0.05) is 31.1 Å². The van der Waals surface area contributed by atoms with Crippen LogP contribution in [-0.2, 0) is 9.59 Å². The fourth-order valence-electron chi connectivity index (χ4n) is 2.21. The minimum atomic E-state index is -0.774. The molecule has 0 bridgehead atoms. The number of amides is 1. The van der Waals surface area contributed by atoms with E-state index < -0.39 is 11.9 Å². The molecule has 1 saturated heterocycles. The highest BCUT2D eigenvalue weighted by Crippen LogP contribution is 2.19. The Morgan fingerprint density at radius 1 is 1.22 bits per heavy atom. The molecule has 1 aliphatic heterocycles. The predicted octanol–water partition coefficient (Wildman–Crippen LogP) is 0.942. The number of hydrogen-bond acceptors (Lipinski definition) is 3. The fraction of sp³-hybridized carbons (Fsp3) is 0.846. The Balaban J connectivity index is 2.67. The molecule has 2 unspecified atom stereocenters. The first-order valence-electron chi connectivity index (χ1n) is 6.58. The number of likely N-dealkylation sites (tertiary alicyclic amines) is 1. The zero-order valence-corrected chi connectivity index (χ0v) is 11.6. The van der Waals surface area contributed by atoms with Gasteiger partial charge in [0.25, 0.3) is 0 Å². The van der Waals surface area contributed by atoms with E-state index in [-0.39, 0.29) is 17.9 Å². The second kappa shape index (κ2) is 6.18. The lowest BCUT2D eigenvalue weighted by molar-refractivity contribution is -0.145. The second-order valence-electron chi connectivity index (χ2n) is 5.68. The summed E-state index contributed by atoms with van der Waals surface area (Å²) in [5, 5.41) is 12.1. The molecule has 1 heterocycles. The number of hydrogen-bond donors (Lipinski definition) is 2. The number of carboxylic acid groups (broad SMARTS) is 1. The first kappa shape index (κ1) is 15.0. The summed E-state index contributed by atoms with van der Waals surface area (Å²) in [6, 6.07) is 0.239. The van der Waals surface area contributed by atoms with Crippen molar-refractivity contribution in [3.05, 3.63) is 0 Å². The lowest BCUT2D eigenvalue weighted by atomic mass is 9.93. The van der Waals surface area contributed by atoms with Crippen LogP contribution in [0.2, 0.25) is 0 Å². The number of carboxylic acids is 1. The van der Waals surface area contributed by atoms with Gasteiger partial charge in [0.2, 0.25) is 5.91 Å². The Bertz CT molecular complexity index is 315. The SMILES string of the molecule is CC(C)C(=O)NC1CC(C(=O)O)CN(C(C)C)C1. The summed E-state index contributed by atoms with van der Waals surface area (Å²) in [6.07, 6.45) is 0.525. The van der Waals surface area contributed by atoms with E-state index in [1.165, 1.54) is 0 Å². The second-order valence-corrected chi connectivity index (χ2v) is 5.68. The minimum Gasteiger partial charge on any atom is -0.481 e. The Morgan fingerprint density at radius 3 is 2.28 bits per heavy atom. The molecule has 104 valence electrons. The Kier molecular flexibility index (Phi) is 5.14. The average molecular weight is 256 g/mol. The number of nitrogens with zero attached hydrogens (tertiary/aromatic N) is 1. The summed E-state index contributed by atoms with van der Waals surface area (Å²) in [5.41, 5.74) is 0. The van der Waals surface area contributed by atoms with Gasteiger partial charge in [-0.05, 0) is 20.3 Å². The van der Waals surface area contributed by atoms with Crippen molar-refractivity contribution in [3.63, 3.8) is 0 Å². The molecule has 1 rings (SSSR count). The zero-order valence-electron chi connectivity index (χ0n) is 11.6. The fourth-order valence-corrected chi connectivity index (χ4v) is 2.21. The highest BCUT2D eigenvalue weighted by atomic mass is 16.4. The van der Waals surface area contributed by atoms with Gasteiger partial charge in [-0.3, -0.25) is 14.5 Å². The lowest BCUT2D eigenvalue weighted by Gasteiger charge is -2.38. The van der Waals surface area contributed by atoms with Crippen molar-refractivity contribution in [3.8, 4) is 0 Å². The maximum Gasteiger partial charge on any atom is 0.307 e. The van der Waals surface area contributed by atoms with Gasteiger partial charge in [-0.15, -0.1) is 0 Å². The lowest BCUT2D eigenvalue weighted by Crippen LogP contribution is -2.54. The molecule has 2 atom stereocenters. The first-order chi connectivity index (χ1) is 8.31. The monoisotopic (exact) mass is 256 g/mol. The van der Waals surface area contributed by atoms with Crippen LogP contribution >= 0.6 is 0 Å². The molecule has 0 aromatic heterocycles. The van der Waals surface area contributed by atoms with Gasteiger partial charge < -0.3 is 10.4 Å². The van der Waals surface area contributed by atoms with Crippen LogP contribution < -0.4 is 5.32 Å².